The third-order valence-corrected chi connectivity index (χ3v) is 3.22. The van der Waals surface area contributed by atoms with E-state index in [1.807, 2.05) is 25.1 Å². The van der Waals surface area contributed by atoms with Gasteiger partial charge in [-0.05, 0) is 50.4 Å². The summed E-state index contributed by atoms with van der Waals surface area (Å²) in [6.07, 6.45) is 5.30. The van der Waals surface area contributed by atoms with Crippen LogP contribution in [0, 0.1) is 0 Å². The van der Waals surface area contributed by atoms with Crippen molar-refractivity contribution in [3.8, 4) is 0 Å². The summed E-state index contributed by atoms with van der Waals surface area (Å²) in [5.41, 5.74) is 12.4. The van der Waals surface area contributed by atoms with Crippen molar-refractivity contribution in [1.82, 2.24) is 0 Å². The maximum Gasteiger partial charge on any atom is 0.0909 e. The first kappa shape index (κ1) is 16.0. The number of unbranched alkanes of at least 4 members (excludes halogenated alkanes) is 2. The summed E-state index contributed by atoms with van der Waals surface area (Å²) in [6.45, 7) is 2.60. The molecular weight excluding hydrogens is 258 g/mol. The summed E-state index contributed by atoms with van der Waals surface area (Å²) in [7, 11) is 0. The van der Waals surface area contributed by atoms with Gasteiger partial charge in [0.1, 0.15) is 0 Å². The number of rotatable bonds is 8. The molecule has 1 aromatic carbocycles. The van der Waals surface area contributed by atoms with Crippen molar-refractivity contribution in [2.45, 2.75) is 45.1 Å². The number of amidine groups is 1. The molecule has 0 aliphatic heterocycles. The molecule has 0 aliphatic rings. The molecule has 0 heterocycles. The van der Waals surface area contributed by atoms with E-state index in [1.165, 1.54) is 5.56 Å². The Hall–Kier alpha value is -1.06. The molecule has 1 unspecified atom stereocenters. The zero-order valence-electron chi connectivity index (χ0n) is 11.6. The second kappa shape index (κ2) is 8.94. The Bertz CT molecular complexity index is 400. The lowest BCUT2D eigenvalue weighted by Crippen LogP contribution is -2.16. The average Bonchev–Trinajstić information content (AvgIpc) is 2.34. The zero-order chi connectivity index (χ0) is 14.1. The Morgan fingerprint density at radius 2 is 2.11 bits per heavy atom. The second-order valence-corrected chi connectivity index (χ2v) is 5.33. The van der Waals surface area contributed by atoms with Crippen LogP contribution in [0.2, 0.25) is 5.02 Å². The molecule has 3 nitrogen and oxygen atoms in total. The number of nitrogens with two attached hydrogens (primary N) is 2. The monoisotopic (exact) mass is 281 g/mol. The molecule has 0 saturated heterocycles. The summed E-state index contributed by atoms with van der Waals surface area (Å²) in [4.78, 5) is 4.52. The minimum Gasteiger partial charge on any atom is -0.388 e. The molecule has 0 amide bonds. The van der Waals surface area contributed by atoms with E-state index >= 15 is 0 Å². The topological polar surface area (TPSA) is 64.4 Å². The van der Waals surface area contributed by atoms with Gasteiger partial charge in [0.15, 0.2) is 0 Å². The van der Waals surface area contributed by atoms with Gasteiger partial charge in [-0.2, -0.15) is 0 Å². The molecule has 106 valence electrons. The second-order valence-electron chi connectivity index (χ2n) is 4.90. The molecule has 0 radical (unpaired) electrons. The standard InChI is InChI=1S/C15H24ClN3/c1-12(18)19-15(8-3-2-4-9-17)11-13-6-5-7-14(16)10-13/h5-7,10,15H,2-4,8-9,11,17H2,1H3,(H2,18,19). The Balaban J connectivity index is 2.56. The normalized spacial score (nSPS) is 13.5. The Morgan fingerprint density at radius 3 is 2.74 bits per heavy atom. The first-order valence-electron chi connectivity index (χ1n) is 6.86. The maximum atomic E-state index is 6.01. The Morgan fingerprint density at radius 1 is 1.32 bits per heavy atom. The fourth-order valence-corrected chi connectivity index (χ4v) is 2.35. The van der Waals surface area contributed by atoms with Crippen molar-refractivity contribution in [1.29, 1.82) is 0 Å². The SMILES string of the molecule is CC(N)=NC(CCCCCN)Cc1cccc(Cl)c1. The van der Waals surface area contributed by atoms with Crippen molar-refractivity contribution in [2.75, 3.05) is 6.54 Å². The van der Waals surface area contributed by atoms with Crippen LogP contribution in [0.25, 0.3) is 0 Å². The van der Waals surface area contributed by atoms with Gasteiger partial charge in [-0.1, -0.05) is 36.6 Å². The first-order chi connectivity index (χ1) is 9.11. The fourth-order valence-electron chi connectivity index (χ4n) is 2.14. The van der Waals surface area contributed by atoms with Gasteiger partial charge >= 0.3 is 0 Å². The van der Waals surface area contributed by atoms with Crippen molar-refractivity contribution in [3.63, 3.8) is 0 Å². The van der Waals surface area contributed by atoms with Gasteiger partial charge in [0.25, 0.3) is 0 Å². The van der Waals surface area contributed by atoms with Crippen LogP contribution in [-0.4, -0.2) is 18.4 Å². The lowest BCUT2D eigenvalue weighted by molar-refractivity contribution is 0.552. The van der Waals surface area contributed by atoms with Crippen LogP contribution >= 0.6 is 11.6 Å². The van der Waals surface area contributed by atoms with Gasteiger partial charge in [-0.3, -0.25) is 4.99 Å². The Labute approximate surface area is 121 Å². The van der Waals surface area contributed by atoms with E-state index in [1.54, 1.807) is 0 Å². The van der Waals surface area contributed by atoms with E-state index in [0.717, 1.165) is 43.7 Å². The van der Waals surface area contributed by atoms with Crippen LogP contribution in [0.1, 0.15) is 38.2 Å². The van der Waals surface area contributed by atoms with Crippen LogP contribution in [0.5, 0.6) is 0 Å². The lowest BCUT2D eigenvalue weighted by atomic mass is 10.0. The summed E-state index contributed by atoms with van der Waals surface area (Å²) < 4.78 is 0. The van der Waals surface area contributed by atoms with Crippen LogP contribution in [-0.2, 0) is 6.42 Å². The average molecular weight is 282 g/mol. The highest BCUT2D eigenvalue weighted by Gasteiger charge is 2.08. The molecule has 4 heteroatoms. The molecule has 0 saturated carbocycles. The summed E-state index contributed by atoms with van der Waals surface area (Å²) in [6, 6.07) is 8.18. The van der Waals surface area contributed by atoms with E-state index < -0.39 is 0 Å². The highest BCUT2D eigenvalue weighted by atomic mass is 35.5. The molecular formula is C15H24ClN3. The first-order valence-corrected chi connectivity index (χ1v) is 7.24. The minimum absolute atomic E-state index is 0.237. The van der Waals surface area contributed by atoms with Crippen LogP contribution < -0.4 is 11.5 Å². The zero-order valence-corrected chi connectivity index (χ0v) is 12.4. The van der Waals surface area contributed by atoms with Crippen LogP contribution in [0.15, 0.2) is 29.3 Å². The Kier molecular flexibility index (Phi) is 7.53. The van der Waals surface area contributed by atoms with Crippen LogP contribution in [0.4, 0.5) is 0 Å². The largest absolute Gasteiger partial charge is 0.388 e. The van der Waals surface area contributed by atoms with Crippen molar-refractivity contribution in [2.24, 2.45) is 16.5 Å². The molecule has 4 N–H and O–H groups in total. The molecule has 0 spiro atoms. The van der Waals surface area contributed by atoms with E-state index in [2.05, 4.69) is 11.1 Å². The van der Waals surface area contributed by atoms with Gasteiger partial charge < -0.3 is 11.5 Å². The predicted octanol–water partition coefficient (Wildman–Crippen LogP) is 3.15. The van der Waals surface area contributed by atoms with E-state index in [4.69, 9.17) is 23.1 Å². The summed E-state index contributed by atoms with van der Waals surface area (Å²) in [5, 5.41) is 0.771. The molecule has 0 fully saturated rings. The van der Waals surface area contributed by atoms with Crippen molar-refractivity contribution < 1.29 is 0 Å². The van der Waals surface area contributed by atoms with E-state index in [9.17, 15) is 0 Å². The molecule has 0 aliphatic carbocycles. The maximum absolute atomic E-state index is 6.01. The third-order valence-electron chi connectivity index (χ3n) is 2.99. The molecule has 1 atom stereocenters. The predicted molar refractivity (Wildman–Crippen MR) is 83.8 cm³/mol. The quantitative estimate of drug-likeness (QED) is 0.437. The fraction of sp³-hybridized carbons (Fsp3) is 0.533. The van der Waals surface area contributed by atoms with E-state index in [0.29, 0.717) is 5.84 Å². The van der Waals surface area contributed by atoms with Crippen molar-refractivity contribution in [3.05, 3.63) is 34.9 Å². The lowest BCUT2D eigenvalue weighted by Gasteiger charge is -2.13. The number of hydrogen-bond acceptors (Lipinski definition) is 2. The highest BCUT2D eigenvalue weighted by molar-refractivity contribution is 6.30. The van der Waals surface area contributed by atoms with Gasteiger partial charge in [0, 0.05) is 5.02 Å². The van der Waals surface area contributed by atoms with E-state index in [-0.39, 0.29) is 6.04 Å². The summed E-state index contributed by atoms with van der Waals surface area (Å²) in [5.74, 6) is 0.644. The number of benzene rings is 1. The molecule has 1 aromatic rings. The number of aliphatic imine (C=N–C) groups is 1. The third kappa shape index (κ3) is 7.19. The molecule has 0 aromatic heterocycles. The van der Waals surface area contributed by atoms with Gasteiger partial charge in [0.2, 0.25) is 0 Å². The van der Waals surface area contributed by atoms with Crippen LogP contribution in [0.3, 0.4) is 0 Å². The summed E-state index contributed by atoms with van der Waals surface area (Å²) >= 11 is 6.01. The number of halogens is 1. The van der Waals surface area contributed by atoms with Gasteiger partial charge in [-0.25, -0.2) is 0 Å². The van der Waals surface area contributed by atoms with Gasteiger partial charge in [-0.15, -0.1) is 0 Å². The molecule has 1 rings (SSSR count). The van der Waals surface area contributed by atoms with Gasteiger partial charge in [0.05, 0.1) is 11.9 Å². The molecule has 19 heavy (non-hydrogen) atoms. The number of hydrogen-bond donors (Lipinski definition) is 2. The molecule has 0 bridgehead atoms. The number of nitrogens with zero attached hydrogens (tertiary/aromatic N) is 1. The minimum atomic E-state index is 0.237. The van der Waals surface area contributed by atoms with Crippen molar-refractivity contribution >= 4 is 17.4 Å². The smallest absolute Gasteiger partial charge is 0.0909 e. The highest BCUT2D eigenvalue weighted by Crippen LogP contribution is 2.16.